The second-order valence-corrected chi connectivity index (χ2v) is 4.40. The van der Waals surface area contributed by atoms with Gasteiger partial charge in [-0.3, -0.25) is 4.98 Å². The number of hydrogen-bond acceptors (Lipinski definition) is 4. The minimum atomic E-state index is 0.437. The lowest BCUT2D eigenvalue weighted by Gasteiger charge is -2.36. The normalized spacial score (nSPS) is 20.6. The van der Waals surface area contributed by atoms with Gasteiger partial charge in [0.05, 0.1) is 13.2 Å². The number of nitrogens with one attached hydrogen (secondary N) is 1. The lowest BCUT2D eigenvalue weighted by atomic mass is 10.1. The van der Waals surface area contributed by atoms with E-state index in [4.69, 9.17) is 4.74 Å². The molecule has 1 N–H and O–H groups in total. The molecule has 1 aromatic heterocycles. The summed E-state index contributed by atoms with van der Waals surface area (Å²) in [6.07, 6.45) is 3.83. The van der Waals surface area contributed by atoms with Gasteiger partial charge in [-0.05, 0) is 19.5 Å². The number of rotatable bonds is 4. The Balaban J connectivity index is 2.17. The second kappa shape index (κ2) is 5.98. The van der Waals surface area contributed by atoms with Gasteiger partial charge in [0, 0.05) is 42.8 Å². The molecule has 1 aliphatic heterocycles. The standard InChI is InChI=1S/C13H21N3O/c1-3-14-8-12-9-15-5-4-13(12)16-6-7-17-10-11(16)2/h4-5,9,11,14H,3,6-8,10H2,1-2H3. The van der Waals surface area contributed by atoms with Crippen molar-refractivity contribution in [2.75, 3.05) is 31.2 Å². The molecular weight excluding hydrogens is 214 g/mol. The first-order valence-electron chi connectivity index (χ1n) is 6.31. The summed E-state index contributed by atoms with van der Waals surface area (Å²) in [5.41, 5.74) is 2.56. The van der Waals surface area contributed by atoms with Crippen LogP contribution in [0.3, 0.4) is 0 Å². The van der Waals surface area contributed by atoms with Gasteiger partial charge < -0.3 is 15.0 Å². The Morgan fingerprint density at radius 2 is 2.47 bits per heavy atom. The molecule has 4 nitrogen and oxygen atoms in total. The van der Waals surface area contributed by atoms with Gasteiger partial charge in [0.1, 0.15) is 0 Å². The minimum absolute atomic E-state index is 0.437. The van der Waals surface area contributed by atoms with Crippen LogP contribution < -0.4 is 10.2 Å². The van der Waals surface area contributed by atoms with Crippen molar-refractivity contribution in [3.8, 4) is 0 Å². The highest BCUT2D eigenvalue weighted by atomic mass is 16.5. The molecule has 1 aromatic rings. The molecule has 0 bridgehead atoms. The van der Waals surface area contributed by atoms with Crippen LogP contribution in [0.25, 0.3) is 0 Å². The molecule has 2 heterocycles. The minimum Gasteiger partial charge on any atom is -0.377 e. The molecule has 0 radical (unpaired) electrons. The Labute approximate surface area is 103 Å². The number of anilines is 1. The maximum atomic E-state index is 5.48. The average molecular weight is 235 g/mol. The highest BCUT2D eigenvalue weighted by Crippen LogP contribution is 2.23. The molecule has 2 rings (SSSR count). The summed E-state index contributed by atoms with van der Waals surface area (Å²) in [4.78, 5) is 6.63. The van der Waals surface area contributed by atoms with Crippen LogP contribution in [0.1, 0.15) is 19.4 Å². The first-order valence-corrected chi connectivity index (χ1v) is 6.31. The first-order chi connectivity index (χ1) is 8.33. The van der Waals surface area contributed by atoms with Crippen molar-refractivity contribution >= 4 is 5.69 Å². The summed E-state index contributed by atoms with van der Waals surface area (Å²) < 4.78 is 5.48. The topological polar surface area (TPSA) is 37.4 Å². The molecule has 0 saturated carbocycles. The van der Waals surface area contributed by atoms with Crippen molar-refractivity contribution in [1.29, 1.82) is 0 Å². The van der Waals surface area contributed by atoms with Crippen molar-refractivity contribution in [2.45, 2.75) is 26.4 Å². The summed E-state index contributed by atoms with van der Waals surface area (Å²) in [5, 5.41) is 3.36. The first kappa shape index (κ1) is 12.3. The summed E-state index contributed by atoms with van der Waals surface area (Å²) in [7, 11) is 0. The lowest BCUT2D eigenvalue weighted by Crippen LogP contribution is -2.44. The maximum absolute atomic E-state index is 5.48. The van der Waals surface area contributed by atoms with E-state index >= 15 is 0 Å². The molecule has 1 atom stereocenters. The van der Waals surface area contributed by atoms with Crippen molar-refractivity contribution in [3.63, 3.8) is 0 Å². The van der Waals surface area contributed by atoms with Crippen LogP contribution in [-0.2, 0) is 11.3 Å². The fraction of sp³-hybridized carbons (Fsp3) is 0.615. The van der Waals surface area contributed by atoms with E-state index < -0.39 is 0 Å². The highest BCUT2D eigenvalue weighted by Gasteiger charge is 2.20. The molecule has 1 unspecified atom stereocenters. The molecule has 17 heavy (non-hydrogen) atoms. The molecule has 0 aliphatic carbocycles. The van der Waals surface area contributed by atoms with Crippen molar-refractivity contribution in [2.24, 2.45) is 0 Å². The maximum Gasteiger partial charge on any atom is 0.0668 e. The number of hydrogen-bond donors (Lipinski definition) is 1. The van der Waals surface area contributed by atoms with E-state index in [2.05, 4.69) is 35.1 Å². The SMILES string of the molecule is CCNCc1cnccc1N1CCOCC1C. The van der Waals surface area contributed by atoms with E-state index in [1.54, 1.807) is 0 Å². The molecule has 1 saturated heterocycles. The van der Waals surface area contributed by atoms with Crippen molar-refractivity contribution < 1.29 is 4.74 Å². The molecule has 0 amide bonds. The number of aromatic nitrogens is 1. The second-order valence-electron chi connectivity index (χ2n) is 4.40. The third-order valence-electron chi connectivity index (χ3n) is 3.12. The predicted octanol–water partition coefficient (Wildman–Crippen LogP) is 1.42. The number of ether oxygens (including phenoxy) is 1. The van der Waals surface area contributed by atoms with Gasteiger partial charge in [0.2, 0.25) is 0 Å². The van der Waals surface area contributed by atoms with Crippen LogP contribution in [-0.4, -0.2) is 37.3 Å². The third-order valence-corrected chi connectivity index (χ3v) is 3.12. The zero-order chi connectivity index (χ0) is 12.1. The largest absolute Gasteiger partial charge is 0.377 e. The summed E-state index contributed by atoms with van der Waals surface area (Å²) in [5.74, 6) is 0. The monoisotopic (exact) mass is 235 g/mol. The van der Waals surface area contributed by atoms with Gasteiger partial charge in [-0.15, -0.1) is 0 Å². The smallest absolute Gasteiger partial charge is 0.0668 e. The van der Waals surface area contributed by atoms with E-state index in [0.717, 1.165) is 32.8 Å². The summed E-state index contributed by atoms with van der Waals surface area (Å²) >= 11 is 0. The number of nitrogens with zero attached hydrogens (tertiary/aromatic N) is 2. The average Bonchev–Trinajstić information content (AvgIpc) is 2.37. The summed E-state index contributed by atoms with van der Waals surface area (Å²) in [6, 6.07) is 2.54. The van der Waals surface area contributed by atoms with Gasteiger partial charge in [-0.2, -0.15) is 0 Å². The van der Waals surface area contributed by atoms with Gasteiger partial charge >= 0.3 is 0 Å². The molecule has 94 valence electrons. The number of morpholine rings is 1. The number of pyridine rings is 1. The van der Waals surface area contributed by atoms with Crippen molar-refractivity contribution in [1.82, 2.24) is 10.3 Å². The van der Waals surface area contributed by atoms with E-state index in [-0.39, 0.29) is 0 Å². The van der Waals surface area contributed by atoms with E-state index in [1.807, 2.05) is 12.4 Å². The van der Waals surface area contributed by atoms with Crippen molar-refractivity contribution in [3.05, 3.63) is 24.0 Å². The molecule has 1 aliphatic rings. The van der Waals surface area contributed by atoms with E-state index in [9.17, 15) is 0 Å². The van der Waals surface area contributed by atoms with Crippen LogP contribution in [0.4, 0.5) is 5.69 Å². The molecule has 0 aromatic carbocycles. The molecular formula is C13H21N3O. The van der Waals surface area contributed by atoms with Gasteiger partial charge in [0.15, 0.2) is 0 Å². The van der Waals surface area contributed by atoms with Crippen LogP contribution in [0, 0.1) is 0 Å². The Kier molecular flexibility index (Phi) is 4.34. The predicted molar refractivity (Wildman–Crippen MR) is 69.2 cm³/mol. The highest BCUT2D eigenvalue weighted by molar-refractivity contribution is 5.53. The van der Waals surface area contributed by atoms with E-state index in [1.165, 1.54) is 11.3 Å². The zero-order valence-electron chi connectivity index (χ0n) is 10.6. The Morgan fingerprint density at radius 3 is 3.24 bits per heavy atom. The van der Waals surface area contributed by atoms with Gasteiger partial charge in [-0.1, -0.05) is 6.92 Å². The van der Waals surface area contributed by atoms with Crippen LogP contribution in [0.15, 0.2) is 18.5 Å². The Bertz CT molecular complexity index is 356. The van der Waals surface area contributed by atoms with Gasteiger partial charge in [-0.25, -0.2) is 0 Å². The van der Waals surface area contributed by atoms with Crippen LogP contribution in [0.5, 0.6) is 0 Å². The summed E-state index contributed by atoms with van der Waals surface area (Å²) in [6.45, 7) is 8.77. The fourth-order valence-electron chi connectivity index (χ4n) is 2.18. The lowest BCUT2D eigenvalue weighted by molar-refractivity contribution is 0.0988. The molecule has 0 spiro atoms. The third kappa shape index (κ3) is 2.96. The Morgan fingerprint density at radius 1 is 1.59 bits per heavy atom. The van der Waals surface area contributed by atoms with Crippen LogP contribution in [0.2, 0.25) is 0 Å². The van der Waals surface area contributed by atoms with Crippen LogP contribution >= 0.6 is 0 Å². The Hall–Kier alpha value is -1.13. The van der Waals surface area contributed by atoms with E-state index in [0.29, 0.717) is 6.04 Å². The zero-order valence-corrected chi connectivity index (χ0v) is 10.6. The van der Waals surface area contributed by atoms with Gasteiger partial charge in [0.25, 0.3) is 0 Å². The quantitative estimate of drug-likeness (QED) is 0.856. The molecule has 4 heteroatoms. The molecule has 1 fully saturated rings. The fourth-order valence-corrected chi connectivity index (χ4v) is 2.18.